The number of unbranched alkanes of at least 4 members (excludes halogenated alkanes) is 14. The lowest BCUT2D eigenvalue weighted by Crippen LogP contribution is -2.60. The number of hydrogen-bond donors (Lipinski definition) is 6. The molecule has 0 aromatic heterocycles. The molecule has 0 radical (unpaired) electrons. The van der Waals surface area contributed by atoms with Crippen molar-refractivity contribution in [2.24, 2.45) is 0 Å². The first-order valence-electron chi connectivity index (χ1n) is 21.5. The smallest absolute Gasteiger partial charge is 0.220 e. The number of ether oxygens (including phenoxy) is 2. The molecule has 1 fully saturated rings. The van der Waals surface area contributed by atoms with Gasteiger partial charge in [-0.2, -0.15) is 0 Å². The Morgan fingerprint density at radius 2 is 1.15 bits per heavy atom. The lowest BCUT2D eigenvalue weighted by atomic mass is 9.99. The number of hydrogen-bond acceptors (Lipinski definition) is 8. The van der Waals surface area contributed by atoms with Gasteiger partial charge in [-0.25, -0.2) is 0 Å². The van der Waals surface area contributed by atoms with Gasteiger partial charge in [-0.3, -0.25) is 4.79 Å². The molecule has 54 heavy (non-hydrogen) atoms. The molecular weight excluding hydrogens is 682 g/mol. The van der Waals surface area contributed by atoms with Crippen molar-refractivity contribution in [3.63, 3.8) is 0 Å². The summed E-state index contributed by atoms with van der Waals surface area (Å²) in [5.74, 6) is -0.180. The van der Waals surface area contributed by atoms with Gasteiger partial charge in [-0.05, 0) is 57.8 Å². The van der Waals surface area contributed by atoms with Crippen molar-refractivity contribution in [2.75, 3.05) is 13.2 Å². The van der Waals surface area contributed by atoms with Crippen molar-refractivity contribution in [1.29, 1.82) is 0 Å². The summed E-state index contributed by atoms with van der Waals surface area (Å²) in [6, 6.07) is -0.737. The molecule has 1 rings (SSSR count). The van der Waals surface area contributed by atoms with Crippen LogP contribution in [0.25, 0.3) is 0 Å². The molecule has 0 aromatic carbocycles. The molecule has 1 aliphatic heterocycles. The molecule has 0 aliphatic carbocycles. The van der Waals surface area contributed by atoms with Crippen molar-refractivity contribution in [1.82, 2.24) is 5.32 Å². The Hall–Kier alpha value is -2.11. The minimum absolute atomic E-state index is 0.155. The molecule has 0 saturated carbocycles. The fraction of sp³-hybridized carbons (Fsp3) is 0.756. The summed E-state index contributed by atoms with van der Waals surface area (Å²) in [7, 11) is 0. The molecule has 6 N–H and O–H groups in total. The van der Waals surface area contributed by atoms with Gasteiger partial charge in [0.05, 0.1) is 25.4 Å². The summed E-state index contributed by atoms with van der Waals surface area (Å²) in [5, 5.41) is 54.2. The maximum Gasteiger partial charge on any atom is 0.220 e. The van der Waals surface area contributed by atoms with E-state index in [4.69, 9.17) is 9.47 Å². The monoisotopic (exact) mass is 762 g/mol. The van der Waals surface area contributed by atoms with Gasteiger partial charge in [0.15, 0.2) is 6.29 Å². The van der Waals surface area contributed by atoms with Gasteiger partial charge in [0.1, 0.15) is 24.4 Å². The lowest BCUT2D eigenvalue weighted by Gasteiger charge is -2.40. The molecule has 312 valence electrons. The zero-order chi connectivity index (χ0) is 39.5. The fourth-order valence-electron chi connectivity index (χ4n) is 6.42. The zero-order valence-electron chi connectivity index (χ0n) is 34.0. The molecule has 7 atom stereocenters. The largest absolute Gasteiger partial charge is 0.394 e. The molecule has 0 aromatic rings. The second kappa shape index (κ2) is 35.3. The van der Waals surface area contributed by atoms with Gasteiger partial charge in [0.2, 0.25) is 5.91 Å². The van der Waals surface area contributed by atoms with Crippen LogP contribution in [0.15, 0.2) is 60.8 Å². The summed E-state index contributed by atoms with van der Waals surface area (Å²) in [5.41, 5.74) is 0. The second-order valence-corrected chi connectivity index (χ2v) is 14.8. The highest BCUT2D eigenvalue weighted by atomic mass is 16.7. The predicted molar refractivity (Wildman–Crippen MR) is 221 cm³/mol. The number of carbonyl (C=O) groups excluding carboxylic acids is 1. The van der Waals surface area contributed by atoms with E-state index < -0.39 is 49.5 Å². The predicted octanol–water partition coefficient (Wildman–Crippen LogP) is 8.44. The molecule has 7 unspecified atom stereocenters. The molecule has 9 heteroatoms. The average Bonchev–Trinajstić information content (AvgIpc) is 3.17. The van der Waals surface area contributed by atoms with E-state index in [-0.39, 0.29) is 12.5 Å². The summed E-state index contributed by atoms with van der Waals surface area (Å²) < 4.78 is 11.2. The van der Waals surface area contributed by atoms with Crippen molar-refractivity contribution in [3.8, 4) is 0 Å². The molecular formula is C45H79NO8. The van der Waals surface area contributed by atoms with Crippen LogP contribution in [0.4, 0.5) is 0 Å². The topological polar surface area (TPSA) is 149 Å². The third-order valence-electron chi connectivity index (χ3n) is 9.89. The summed E-state index contributed by atoms with van der Waals surface area (Å²) in [4.78, 5) is 12.9. The summed E-state index contributed by atoms with van der Waals surface area (Å²) in [6.45, 7) is 3.67. The van der Waals surface area contributed by atoms with E-state index >= 15 is 0 Å². The zero-order valence-corrected chi connectivity index (χ0v) is 34.0. The average molecular weight is 762 g/mol. The normalized spacial score (nSPS) is 22.1. The summed E-state index contributed by atoms with van der Waals surface area (Å²) >= 11 is 0. The first-order valence-corrected chi connectivity index (χ1v) is 21.5. The van der Waals surface area contributed by atoms with Crippen LogP contribution >= 0.6 is 0 Å². The van der Waals surface area contributed by atoms with E-state index in [1.54, 1.807) is 0 Å². The number of allylic oxidation sites excluding steroid dienone is 10. The van der Waals surface area contributed by atoms with Crippen LogP contribution in [-0.2, 0) is 14.3 Å². The Bertz CT molecular complexity index is 1030. The van der Waals surface area contributed by atoms with Crippen LogP contribution in [-0.4, -0.2) is 87.5 Å². The van der Waals surface area contributed by atoms with Crippen molar-refractivity contribution >= 4 is 5.91 Å². The molecule has 1 amide bonds. The van der Waals surface area contributed by atoms with Crippen molar-refractivity contribution < 1.29 is 39.8 Å². The number of aliphatic hydroxyl groups is 5. The van der Waals surface area contributed by atoms with Crippen LogP contribution in [0.5, 0.6) is 0 Å². The van der Waals surface area contributed by atoms with E-state index in [9.17, 15) is 30.3 Å². The van der Waals surface area contributed by atoms with E-state index in [0.29, 0.717) is 12.8 Å². The highest BCUT2D eigenvalue weighted by molar-refractivity contribution is 5.76. The number of nitrogens with one attached hydrogen (secondary N) is 1. The Morgan fingerprint density at radius 3 is 1.69 bits per heavy atom. The lowest BCUT2D eigenvalue weighted by molar-refractivity contribution is -0.302. The number of amides is 1. The quantitative estimate of drug-likeness (QED) is 0.0283. The standard InChI is InChI=1S/C45H79NO8/c1-3-5-7-9-11-13-15-17-18-19-20-21-22-23-25-27-29-31-33-35-41(49)46-38(37-53-45-44(52)43(51)42(50)40(36-47)54-45)39(48)34-32-30-28-26-24-16-14-12-10-8-6-4-2/h5,7,11,13,17-18,20-21,23,25,38-40,42-45,47-48,50-52H,3-4,6,8-10,12,14-16,19,22,24,26-37H2,1-2H3,(H,46,49)/b7-5-,13-11-,18-17-,21-20-,25-23-. The van der Waals surface area contributed by atoms with Crippen LogP contribution in [0.1, 0.15) is 162 Å². The second-order valence-electron chi connectivity index (χ2n) is 14.8. The first kappa shape index (κ1) is 49.9. The Labute approximate surface area is 328 Å². The van der Waals surface area contributed by atoms with Crippen LogP contribution in [0.3, 0.4) is 0 Å². The Kier molecular flexibility index (Phi) is 32.6. The first-order chi connectivity index (χ1) is 26.3. The van der Waals surface area contributed by atoms with Crippen molar-refractivity contribution in [2.45, 2.75) is 204 Å². The fourth-order valence-corrected chi connectivity index (χ4v) is 6.42. The Morgan fingerprint density at radius 1 is 0.648 bits per heavy atom. The molecule has 9 nitrogen and oxygen atoms in total. The van der Waals surface area contributed by atoms with Crippen LogP contribution < -0.4 is 5.32 Å². The van der Waals surface area contributed by atoms with Gasteiger partial charge in [0, 0.05) is 6.42 Å². The highest BCUT2D eigenvalue weighted by Gasteiger charge is 2.44. The van der Waals surface area contributed by atoms with Gasteiger partial charge in [-0.1, -0.05) is 158 Å². The van der Waals surface area contributed by atoms with E-state index in [1.807, 2.05) is 0 Å². The van der Waals surface area contributed by atoms with Crippen molar-refractivity contribution in [3.05, 3.63) is 60.8 Å². The molecule has 0 bridgehead atoms. The highest BCUT2D eigenvalue weighted by Crippen LogP contribution is 2.23. The Balaban J connectivity index is 2.39. The minimum Gasteiger partial charge on any atom is -0.394 e. The van der Waals surface area contributed by atoms with Gasteiger partial charge in [0.25, 0.3) is 0 Å². The van der Waals surface area contributed by atoms with E-state index in [1.165, 1.54) is 57.8 Å². The molecule has 1 saturated heterocycles. The van der Waals surface area contributed by atoms with Gasteiger partial charge >= 0.3 is 0 Å². The molecule has 0 spiro atoms. The molecule has 1 aliphatic rings. The number of aliphatic hydroxyl groups excluding tert-OH is 5. The van der Waals surface area contributed by atoms with Crippen LogP contribution in [0, 0.1) is 0 Å². The maximum atomic E-state index is 12.9. The van der Waals surface area contributed by atoms with Crippen LogP contribution in [0.2, 0.25) is 0 Å². The van der Waals surface area contributed by atoms with Gasteiger partial charge < -0.3 is 40.3 Å². The van der Waals surface area contributed by atoms with E-state index in [2.05, 4.69) is 79.9 Å². The van der Waals surface area contributed by atoms with E-state index in [0.717, 1.165) is 77.0 Å². The third kappa shape index (κ3) is 25.9. The third-order valence-corrected chi connectivity index (χ3v) is 9.89. The number of rotatable bonds is 34. The maximum absolute atomic E-state index is 12.9. The van der Waals surface area contributed by atoms with Gasteiger partial charge in [-0.15, -0.1) is 0 Å². The SMILES string of the molecule is CC/C=C\C/C=C\C/C=C\C/C=C\C/C=C\CCCCCC(=O)NC(COC1OC(CO)C(O)C(O)C1O)C(O)CCCCCCCCCCCCCC. The number of carbonyl (C=O) groups is 1. The minimum atomic E-state index is -1.56. The summed E-state index contributed by atoms with van der Waals surface area (Å²) in [6.07, 6.45) is 37.9. The molecule has 1 heterocycles.